The van der Waals surface area contributed by atoms with Crippen molar-refractivity contribution in [3.05, 3.63) is 35.8 Å². The Morgan fingerprint density at radius 2 is 2.00 bits per heavy atom. The molecule has 3 fully saturated rings. The number of carbonyl (C=O) groups excluding carboxylic acids is 2. The summed E-state index contributed by atoms with van der Waals surface area (Å²) in [5, 5.41) is 7.08. The molecule has 4 aliphatic carbocycles. The zero-order valence-corrected chi connectivity index (χ0v) is 20.8. The molecule has 0 aromatic carbocycles. The van der Waals surface area contributed by atoms with Gasteiger partial charge in [-0.25, -0.2) is 0 Å². The fraction of sp³-hybridized carbons (Fsp3) is 0.679. The van der Waals surface area contributed by atoms with E-state index in [1.54, 1.807) is 19.3 Å². The number of oxime groups is 1. The van der Waals surface area contributed by atoms with E-state index in [2.05, 4.69) is 30.4 Å². The molecular weight excluding hydrogens is 428 g/mol. The highest BCUT2D eigenvalue weighted by Gasteiger charge is 2.59. The zero-order chi connectivity index (χ0) is 23.9. The molecule has 6 heteroatoms. The van der Waals surface area contributed by atoms with Crippen molar-refractivity contribution < 1.29 is 18.8 Å². The van der Waals surface area contributed by atoms with Gasteiger partial charge in [0.2, 0.25) is 0 Å². The van der Waals surface area contributed by atoms with Gasteiger partial charge in [-0.15, -0.1) is 0 Å². The van der Waals surface area contributed by atoms with Crippen molar-refractivity contribution in [1.29, 1.82) is 0 Å². The molecule has 6 nitrogen and oxygen atoms in total. The number of hydrogen-bond acceptors (Lipinski definition) is 5. The number of nitrogens with zero attached hydrogens (tertiary/aromatic N) is 1. The highest BCUT2D eigenvalue weighted by atomic mass is 16.6. The molecule has 0 radical (unpaired) electrons. The Hall–Kier alpha value is -2.37. The minimum absolute atomic E-state index is 0.0904. The maximum Gasteiger partial charge on any atom is 0.261 e. The third kappa shape index (κ3) is 4.03. The topological polar surface area (TPSA) is 80.9 Å². The van der Waals surface area contributed by atoms with Gasteiger partial charge in [-0.2, -0.15) is 0 Å². The highest BCUT2D eigenvalue weighted by molar-refractivity contribution is 5.96. The van der Waals surface area contributed by atoms with Gasteiger partial charge in [-0.1, -0.05) is 24.6 Å². The lowest BCUT2D eigenvalue weighted by molar-refractivity contribution is -0.128. The fourth-order valence-electron chi connectivity index (χ4n) is 8.13. The molecule has 184 valence electrons. The normalized spacial score (nSPS) is 37.9. The average Bonchev–Trinajstić information content (AvgIpc) is 3.45. The summed E-state index contributed by atoms with van der Waals surface area (Å²) in [4.78, 5) is 29.8. The number of carbonyl (C=O) groups is 2. The van der Waals surface area contributed by atoms with Gasteiger partial charge >= 0.3 is 0 Å². The molecule has 34 heavy (non-hydrogen) atoms. The summed E-state index contributed by atoms with van der Waals surface area (Å²) in [5.41, 5.74) is 2.88. The van der Waals surface area contributed by atoms with Gasteiger partial charge < -0.3 is 14.6 Å². The predicted octanol–water partition coefficient (Wildman–Crippen LogP) is 5.44. The van der Waals surface area contributed by atoms with Crippen molar-refractivity contribution >= 4 is 17.4 Å². The van der Waals surface area contributed by atoms with Crippen LogP contribution in [0.2, 0.25) is 0 Å². The van der Waals surface area contributed by atoms with E-state index in [1.165, 1.54) is 31.3 Å². The summed E-state index contributed by atoms with van der Waals surface area (Å²) in [6, 6.07) is 3.62. The van der Waals surface area contributed by atoms with Crippen LogP contribution in [0.3, 0.4) is 0 Å². The van der Waals surface area contributed by atoms with Crippen LogP contribution in [0.1, 0.15) is 77.9 Å². The Bertz CT molecular complexity index is 996. The molecule has 1 N–H and O–H groups in total. The van der Waals surface area contributed by atoms with Crippen LogP contribution in [0.15, 0.2) is 39.6 Å². The molecule has 4 aliphatic rings. The monoisotopic (exact) mass is 466 g/mol. The Kier molecular flexibility index (Phi) is 6.19. The van der Waals surface area contributed by atoms with Crippen molar-refractivity contribution in [3.63, 3.8) is 0 Å². The fourth-order valence-corrected chi connectivity index (χ4v) is 8.13. The second kappa shape index (κ2) is 9.01. The third-order valence-electron chi connectivity index (χ3n) is 9.89. The molecule has 1 amide bonds. The summed E-state index contributed by atoms with van der Waals surface area (Å²) >= 11 is 0. The molecule has 0 saturated heterocycles. The number of rotatable bonds is 6. The maximum absolute atomic E-state index is 12.3. The number of amides is 1. The smallest absolute Gasteiger partial charge is 0.261 e. The molecule has 1 aromatic heterocycles. The van der Waals surface area contributed by atoms with Crippen molar-refractivity contribution in [3.8, 4) is 0 Å². The van der Waals surface area contributed by atoms with Crippen LogP contribution in [-0.2, 0) is 21.0 Å². The summed E-state index contributed by atoms with van der Waals surface area (Å²) < 4.78 is 5.22. The quantitative estimate of drug-likeness (QED) is 0.566. The van der Waals surface area contributed by atoms with E-state index in [0.717, 1.165) is 37.3 Å². The van der Waals surface area contributed by atoms with Crippen LogP contribution in [-0.4, -0.2) is 24.0 Å². The summed E-state index contributed by atoms with van der Waals surface area (Å²) in [6.45, 7) is 6.95. The van der Waals surface area contributed by atoms with Crippen molar-refractivity contribution in [2.45, 2.75) is 78.7 Å². The molecule has 1 heterocycles. The molecule has 0 bridgehead atoms. The Morgan fingerprint density at radius 3 is 2.76 bits per heavy atom. The van der Waals surface area contributed by atoms with E-state index in [0.29, 0.717) is 29.9 Å². The van der Waals surface area contributed by atoms with Gasteiger partial charge in [-0.05, 0) is 105 Å². The van der Waals surface area contributed by atoms with Crippen molar-refractivity contribution in [2.75, 3.05) is 6.61 Å². The first-order valence-electron chi connectivity index (χ1n) is 13.0. The molecular formula is C28H38N2O4. The van der Waals surface area contributed by atoms with E-state index in [9.17, 15) is 9.59 Å². The first-order valence-corrected chi connectivity index (χ1v) is 13.0. The van der Waals surface area contributed by atoms with Crippen LogP contribution >= 0.6 is 0 Å². The van der Waals surface area contributed by atoms with E-state index < -0.39 is 0 Å². The molecule has 0 spiro atoms. The SMILES string of the molecule is CC(=O)[C@@H]1CC[C@@H]2[C@@H]3CCC4=C/C(=N/OCC(=O)NCc5ccco5)CC[C@]4(C)[C@@H]3CC[C@@]21C. The second-order valence-corrected chi connectivity index (χ2v) is 11.5. The largest absolute Gasteiger partial charge is 0.467 e. The van der Waals surface area contributed by atoms with Gasteiger partial charge in [0.05, 0.1) is 18.5 Å². The number of Topliss-reactive ketones (excluding diaryl/α,β-unsaturated/α-hetero) is 1. The first kappa shape index (κ1) is 23.4. The molecule has 3 saturated carbocycles. The number of allylic oxidation sites excluding steroid dienone is 2. The van der Waals surface area contributed by atoms with E-state index in [1.807, 2.05) is 6.07 Å². The highest BCUT2D eigenvalue weighted by Crippen LogP contribution is 2.66. The van der Waals surface area contributed by atoms with Crippen LogP contribution in [0.5, 0.6) is 0 Å². The Balaban J connectivity index is 1.21. The van der Waals surface area contributed by atoms with Crippen LogP contribution in [0.4, 0.5) is 0 Å². The number of hydrogen-bond donors (Lipinski definition) is 1. The van der Waals surface area contributed by atoms with E-state index >= 15 is 0 Å². The zero-order valence-electron chi connectivity index (χ0n) is 20.8. The molecule has 0 aliphatic heterocycles. The van der Waals surface area contributed by atoms with Crippen molar-refractivity contribution in [2.24, 2.45) is 39.7 Å². The van der Waals surface area contributed by atoms with Gasteiger partial charge in [0.15, 0.2) is 6.61 Å². The van der Waals surface area contributed by atoms with Crippen LogP contribution < -0.4 is 5.32 Å². The van der Waals surface area contributed by atoms with Gasteiger partial charge in [0.1, 0.15) is 11.5 Å². The van der Waals surface area contributed by atoms with Gasteiger partial charge in [0, 0.05) is 5.92 Å². The summed E-state index contributed by atoms with van der Waals surface area (Å²) in [6.07, 6.45) is 12.9. The summed E-state index contributed by atoms with van der Waals surface area (Å²) in [7, 11) is 0. The van der Waals surface area contributed by atoms with E-state index in [4.69, 9.17) is 9.25 Å². The van der Waals surface area contributed by atoms with E-state index in [-0.39, 0.29) is 29.3 Å². The minimum Gasteiger partial charge on any atom is -0.467 e. The number of furan rings is 1. The van der Waals surface area contributed by atoms with Gasteiger partial charge in [0.25, 0.3) is 5.91 Å². The number of ketones is 1. The first-order chi connectivity index (χ1) is 16.3. The van der Waals surface area contributed by atoms with Crippen LogP contribution in [0, 0.1) is 34.5 Å². The average molecular weight is 467 g/mol. The maximum atomic E-state index is 12.3. The molecule has 6 atom stereocenters. The lowest BCUT2D eigenvalue weighted by atomic mass is 9.46. The molecule has 0 unspecified atom stereocenters. The lowest BCUT2D eigenvalue weighted by Crippen LogP contribution is -2.51. The van der Waals surface area contributed by atoms with Crippen molar-refractivity contribution in [1.82, 2.24) is 5.32 Å². The summed E-state index contributed by atoms with van der Waals surface area (Å²) in [5.74, 6) is 3.30. The predicted molar refractivity (Wildman–Crippen MR) is 130 cm³/mol. The second-order valence-electron chi connectivity index (χ2n) is 11.5. The lowest BCUT2D eigenvalue weighted by Gasteiger charge is -2.58. The molecule has 1 aromatic rings. The van der Waals surface area contributed by atoms with Crippen LogP contribution in [0.25, 0.3) is 0 Å². The third-order valence-corrected chi connectivity index (χ3v) is 9.89. The minimum atomic E-state index is -0.208. The molecule has 5 rings (SSSR count). The Morgan fingerprint density at radius 1 is 1.15 bits per heavy atom. The van der Waals surface area contributed by atoms with Gasteiger partial charge in [-0.3, -0.25) is 9.59 Å². The number of nitrogens with one attached hydrogen (secondary N) is 1. The number of fused-ring (bicyclic) bond motifs is 5. The Labute approximate surface area is 202 Å². The standard InChI is InChI=1S/C28H38N2O4/c1-18(31)23-8-9-24-22-7-6-19-15-20(10-12-27(19,2)25(22)11-13-28(23,24)3)30-34-17-26(32)29-16-21-5-4-14-33-21/h4-5,14-15,22-25H,6-13,16-17H2,1-3H3,(H,29,32)/b30-20+/t22-,23-,24+,25+,27-,28+/m0/s1.